The van der Waals surface area contributed by atoms with Crippen molar-refractivity contribution in [3.8, 4) is 44.8 Å². The molecule has 1 fully saturated rings. The van der Waals surface area contributed by atoms with Gasteiger partial charge >= 0.3 is 0 Å². The van der Waals surface area contributed by atoms with Crippen LogP contribution >= 0.6 is 0 Å². The van der Waals surface area contributed by atoms with Crippen molar-refractivity contribution in [3.05, 3.63) is 168 Å². The van der Waals surface area contributed by atoms with Crippen LogP contribution in [0.15, 0.2) is 132 Å². The third kappa shape index (κ3) is 8.19. The first-order valence-corrected chi connectivity index (χ1v) is 18.4. The van der Waals surface area contributed by atoms with E-state index < -0.39 is 33.3 Å². The molecule has 0 unspecified atom stereocenters. The summed E-state index contributed by atoms with van der Waals surface area (Å²) in [6, 6.07) is 40.2. The Morgan fingerprint density at radius 3 is 2.20 bits per heavy atom. The molecule has 1 aliphatic carbocycles. The number of pyridine rings is 2. The zero-order chi connectivity index (χ0) is 49.0. The van der Waals surface area contributed by atoms with Crippen LogP contribution in [0.4, 0.5) is 0 Å². The number of furan rings is 1. The van der Waals surface area contributed by atoms with Gasteiger partial charge in [0.25, 0.3) is 0 Å². The molecular formula is C52H48IrN2O-2. The monoisotopic (exact) mass is 922 g/mol. The maximum atomic E-state index is 9.30. The average Bonchev–Trinajstić information content (AvgIpc) is 3.69. The third-order valence-electron chi connectivity index (χ3n) is 10.5. The van der Waals surface area contributed by atoms with E-state index in [9.17, 15) is 1.37 Å². The van der Waals surface area contributed by atoms with Gasteiger partial charge in [-0.15, -0.1) is 53.6 Å². The second-order valence-corrected chi connectivity index (χ2v) is 14.8. The summed E-state index contributed by atoms with van der Waals surface area (Å²) in [6.07, 6.45) is 5.61. The summed E-state index contributed by atoms with van der Waals surface area (Å²) in [5.74, 6) is -0.908. The average molecular weight is 922 g/mol. The van der Waals surface area contributed by atoms with Gasteiger partial charge in [-0.2, -0.15) is 0 Å². The molecule has 0 bridgehead atoms. The molecule has 56 heavy (non-hydrogen) atoms. The van der Waals surface area contributed by atoms with Crippen LogP contribution < -0.4 is 0 Å². The topological polar surface area (TPSA) is 38.9 Å². The van der Waals surface area contributed by atoms with Crippen LogP contribution in [-0.4, -0.2) is 9.97 Å². The standard InChI is InChI=1S/C39H36NO.C13H12N.Ir/c1-25-22-29(27-18-20-39(3,4)21-19-27)16-17-30(25)35-23-36(40-24-26(35)2)34-15-9-14-33-32-13-8-12-31(37(32)41-38(33)34)28-10-6-5-7-11-28;1-10-3-6-12(7-4-10)13-8-5-11(2)9-14-13;/h5-14,16-17,22-24,27H,18-21H2,1-4H3;3-6,8-9H,1-2H3;/q2*-1;/i1D3,2D3,27D;1D3,2D3;. The maximum Gasteiger partial charge on any atom is 0.128 e. The van der Waals surface area contributed by atoms with Gasteiger partial charge < -0.3 is 14.4 Å². The molecule has 0 N–H and O–H groups in total. The molecule has 9 rings (SSSR count). The molecule has 0 saturated heterocycles. The van der Waals surface area contributed by atoms with Crippen molar-refractivity contribution >= 4 is 21.9 Å². The van der Waals surface area contributed by atoms with E-state index in [2.05, 4.69) is 35.9 Å². The third-order valence-corrected chi connectivity index (χ3v) is 10.5. The second-order valence-electron chi connectivity index (χ2n) is 14.8. The van der Waals surface area contributed by atoms with E-state index in [0.29, 0.717) is 46.5 Å². The molecule has 0 atom stereocenters. The van der Waals surface area contributed by atoms with Crippen LogP contribution in [0.5, 0.6) is 0 Å². The Morgan fingerprint density at radius 2 is 1.46 bits per heavy atom. The Balaban J connectivity index is 0.000000281. The van der Waals surface area contributed by atoms with Crippen molar-refractivity contribution in [1.29, 1.82) is 0 Å². The quantitative estimate of drug-likeness (QED) is 0.161. The smallest absolute Gasteiger partial charge is 0.128 e. The number of rotatable bonds is 5. The largest absolute Gasteiger partial charge is 0.500 e. The van der Waals surface area contributed by atoms with Crippen LogP contribution in [0.25, 0.3) is 66.7 Å². The molecule has 4 heteroatoms. The minimum atomic E-state index is -2.56. The Labute approximate surface area is 363 Å². The van der Waals surface area contributed by atoms with Crippen molar-refractivity contribution in [1.82, 2.24) is 9.97 Å². The number of benzene rings is 5. The molecule has 3 aromatic heterocycles. The molecule has 0 amide bonds. The van der Waals surface area contributed by atoms with Crippen LogP contribution in [0.3, 0.4) is 0 Å². The molecule has 1 radical (unpaired) electrons. The fraction of sp³-hybridized carbons (Fsp3) is 0.231. The summed E-state index contributed by atoms with van der Waals surface area (Å²) in [6.45, 7) is -5.05. The molecule has 1 aliphatic rings. The molecule has 283 valence electrons. The number of hydrogen-bond donors (Lipinski definition) is 0. The molecule has 5 aromatic carbocycles. The number of aryl methyl sites for hydroxylation is 4. The predicted octanol–water partition coefficient (Wildman–Crippen LogP) is 14.2. The fourth-order valence-electron chi connectivity index (χ4n) is 7.27. The number of fused-ring (bicyclic) bond motifs is 3. The van der Waals surface area contributed by atoms with Gasteiger partial charge in [0.2, 0.25) is 0 Å². The molecule has 1 saturated carbocycles. The van der Waals surface area contributed by atoms with Gasteiger partial charge in [0.05, 0.1) is 5.58 Å². The molecular weight excluding hydrogens is 861 g/mol. The Kier molecular flexibility index (Phi) is 7.64. The van der Waals surface area contributed by atoms with Crippen molar-refractivity contribution in [2.45, 2.75) is 72.8 Å². The summed E-state index contributed by atoms with van der Waals surface area (Å²) in [5.41, 5.74) is 7.04. The zero-order valence-corrected chi connectivity index (χ0v) is 33.5. The number of hydrogen-bond acceptors (Lipinski definition) is 3. The first kappa shape index (κ1) is 25.9. The second kappa shape index (κ2) is 16.5. The summed E-state index contributed by atoms with van der Waals surface area (Å²) >= 11 is 0. The van der Waals surface area contributed by atoms with Gasteiger partial charge in [0.15, 0.2) is 0 Å². The predicted molar refractivity (Wildman–Crippen MR) is 229 cm³/mol. The van der Waals surface area contributed by atoms with Crippen molar-refractivity contribution in [2.75, 3.05) is 0 Å². The normalized spacial score (nSPS) is 18.8. The number of nitrogens with zero attached hydrogens (tertiary/aromatic N) is 2. The molecule has 0 aliphatic heterocycles. The summed E-state index contributed by atoms with van der Waals surface area (Å²) in [5, 5.41) is 1.79. The molecule has 3 heterocycles. The summed E-state index contributed by atoms with van der Waals surface area (Å²) in [7, 11) is 0. The van der Waals surface area contributed by atoms with Crippen molar-refractivity contribution in [2.24, 2.45) is 5.41 Å². The van der Waals surface area contributed by atoms with E-state index in [4.69, 9.17) is 20.9 Å². The minimum Gasteiger partial charge on any atom is -0.500 e. The van der Waals surface area contributed by atoms with Gasteiger partial charge in [-0.1, -0.05) is 117 Å². The van der Waals surface area contributed by atoms with Crippen LogP contribution in [0, 0.1) is 45.0 Å². The van der Waals surface area contributed by atoms with E-state index in [1.54, 1.807) is 42.5 Å². The van der Waals surface area contributed by atoms with Crippen LogP contribution in [0.2, 0.25) is 0 Å². The fourth-order valence-corrected chi connectivity index (χ4v) is 7.27. The minimum absolute atomic E-state index is 0. The van der Waals surface area contributed by atoms with E-state index in [-0.39, 0.29) is 58.9 Å². The van der Waals surface area contributed by atoms with Gasteiger partial charge in [-0.25, -0.2) is 0 Å². The van der Waals surface area contributed by atoms with Gasteiger partial charge in [0, 0.05) is 61.3 Å². The maximum absolute atomic E-state index is 9.30. The van der Waals surface area contributed by atoms with Gasteiger partial charge in [0.1, 0.15) is 5.58 Å². The zero-order valence-electron chi connectivity index (χ0n) is 44.1. The Bertz CT molecular complexity index is 3030. The van der Waals surface area contributed by atoms with Gasteiger partial charge in [-0.3, -0.25) is 0 Å². The molecule has 8 aromatic rings. The summed E-state index contributed by atoms with van der Waals surface area (Å²) in [4.78, 5) is 8.66. The first-order valence-electron chi connectivity index (χ1n) is 24.9. The number of para-hydroxylation sites is 1. The van der Waals surface area contributed by atoms with Gasteiger partial charge in [-0.05, 0) is 108 Å². The SMILES string of the molecule is [2H]C([2H])([2H])c1c[c-]c(-c2ccc(C([2H])([2H])[2H])cn2)cc1.[2H]C([2H])([2H])c1cnc(-c2[c-]ccc3c2oc2c(-c4ccccc4)cccc23)cc1-c1ccc(C2([2H])CCC(C)(C)CC2)cc1C([2H])([2H])[2H].[Ir]. The van der Waals surface area contributed by atoms with Crippen LogP contribution in [0.1, 0.15) is 91.1 Å². The molecule has 3 nitrogen and oxygen atoms in total. The molecule has 0 spiro atoms. The number of aromatic nitrogens is 2. The summed E-state index contributed by atoms with van der Waals surface area (Å²) < 4.78 is 110. The van der Waals surface area contributed by atoms with E-state index in [1.165, 1.54) is 30.6 Å². The van der Waals surface area contributed by atoms with E-state index in [1.807, 2.05) is 54.6 Å². The van der Waals surface area contributed by atoms with Crippen LogP contribution in [-0.2, 0) is 20.1 Å². The Hall–Kier alpha value is -5.15. The van der Waals surface area contributed by atoms with Crippen molar-refractivity contribution < 1.29 is 42.3 Å². The van der Waals surface area contributed by atoms with E-state index >= 15 is 0 Å². The first-order chi connectivity index (χ1) is 31.8. The van der Waals surface area contributed by atoms with E-state index in [0.717, 1.165) is 40.3 Å². The Morgan fingerprint density at radius 1 is 0.679 bits per heavy atom. The van der Waals surface area contributed by atoms with Crippen molar-refractivity contribution in [3.63, 3.8) is 0 Å².